The van der Waals surface area contributed by atoms with Gasteiger partial charge in [-0.2, -0.15) is 0 Å². The highest BCUT2D eigenvalue weighted by Gasteiger charge is 2.34. The fraction of sp³-hybridized carbons (Fsp3) is 0.714. The molecule has 0 amide bonds. The van der Waals surface area contributed by atoms with Crippen molar-refractivity contribution in [3.63, 3.8) is 0 Å². The molecule has 2 atom stereocenters. The standard InChI is InChI=1S/C21H34O2/c1-21(17-22)14-13-20(16-21)19-11-9-18(10-12-19)8-6-4-3-5-7-15-23-2/h9-12,20,22H,3-8,13-17H2,1-2H3/t20-,21-/m0/s1. The van der Waals surface area contributed by atoms with E-state index in [0.29, 0.717) is 12.5 Å². The summed E-state index contributed by atoms with van der Waals surface area (Å²) >= 11 is 0. The molecule has 1 saturated carbocycles. The van der Waals surface area contributed by atoms with E-state index in [1.165, 1.54) is 56.1 Å². The molecule has 0 radical (unpaired) electrons. The average Bonchev–Trinajstić information content (AvgIpc) is 2.98. The van der Waals surface area contributed by atoms with E-state index in [-0.39, 0.29) is 5.41 Å². The first kappa shape index (κ1) is 18.5. The van der Waals surface area contributed by atoms with Crippen LogP contribution in [0.2, 0.25) is 0 Å². The highest BCUT2D eigenvalue weighted by Crippen LogP contribution is 2.45. The molecule has 1 aliphatic rings. The van der Waals surface area contributed by atoms with Gasteiger partial charge in [0.2, 0.25) is 0 Å². The van der Waals surface area contributed by atoms with Gasteiger partial charge in [-0.05, 0) is 61.0 Å². The SMILES string of the molecule is COCCCCCCCc1ccc([C@H]2CC[C@](C)(CO)C2)cc1. The minimum absolute atomic E-state index is 0.145. The van der Waals surface area contributed by atoms with Gasteiger partial charge in [0.25, 0.3) is 0 Å². The molecule has 2 rings (SSSR count). The Labute approximate surface area is 142 Å². The zero-order valence-electron chi connectivity index (χ0n) is 15.0. The molecule has 1 aromatic carbocycles. The third-order valence-corrected chi connectivity index (χ3v) is 5.48. The molecule has 1 aliphatic carbocycles. The van der Waals surface area contributed by atoms with Crippen LogP contribution in [0.1, 0.15) is 75.3 Å². The minimum Gasteiger partial charge on any atom is -0.396 e. The van der Waals surface area contributed by atoms with Crippen molar-refractivity contribution in [3.05, 3.63) is 35.4 Å². The van der Waals surface area contributed by atoms with Crippen LogP contribution in [-0.2, 0) is 11.2 Å². The van der Waals surface area contributed by atoms with Crippen LogP contribution in [0.15, 0.2) is 24.3 Å². The fourth-order valence-corrected chi connectivity index (χ4v) is 3.81. The van der Waals surface area contributed by atoms with E-state index in [4.69, 9.17) is 4.74 Å². The first-order valence-corrected chi connectivity index (χ1v) is 9.35. The summed E-state index contributed by atoms with van der Waals surface area (Å²) in [7, 11) is 1.78. The predicted octanol–water partition coefficient (Wildman–Crippen LogP) is 5.09. The summed E-state index contributed by atoms with van der Waals surface area (Å²) in [4.78, 5) is 0. The van der Waals surface area contributed by atoms with Gasteiger partial charge in [0, 0.05) is 20.3 Å². The largest absolute Gasteiger partial charge is 0.396 e. The second kappa shape index (κ2) is 9.44. The van der Waals surface area contributed by atoms with Crippen LogP contribution in [0.3, 0.4) is 0 Å². The average molecular weight is 319 g/mol. The van der Waals surface area contributed by atoms with Crippen LogP contribution in [-0.4, -0.2) is 25.4 Å². The van der Waals surface area contributed by atoms with Crippen molar-refractivity contribution in [1.82, 2.24) is 0 Å². The van der Waals surface area contributed by atoms with Gasteiger partial charge in [-0.25, -0.2) is 0 Å². The van der Waals surface area contributed by atoms with E-state index in [9.17, 15) is 5.11 Å². The summed E-state index contributed by atoms with van der Waals surface area (Å²) in [6.45, 7) is 3.44. The van der Waals surface area contributed by atoms with Crippen molar-refractivity contribution in [3.8, 4) is 0 Å². The van der Waals surface area contributed by atoms with Crippen LogP contribution >= 0.6 is 0 Å². The molecule has 1 fully saturated rings. The van der Waals surface area contributed by atoms with Crippen molar-refractivity contribution >= 4 is 0 Å². The molecule has 2 heteroatoms. The third-order valence-electron chi connectivity index (χ3n) is 5.48. The molecule has 23 heavy (non-hydrogen) atoms. The number of methoxy groups -OCH3 is 1. The first-order valence-electron chi connectivity index (χ1n) is 9.35. The van der Waals surface area contributed by atoms with Gasteiger partial charge in [0.15, 0.2) is 0 Å². The number of hydrogen-bond donors (Lipinski definition) is 1. The predicted molar refractivity (Wildman–Crippen MR) is 96.9 cm³/mol. The van der Waals surface area contributed by atoms with E-state index >= 15 is 0 Å². The van der Waals surface area contributed by atoms with Gasteiger partial charge in [-0.15, -0.1) is 0 Å². The van der Waals surface area contributed by atoms with Crippen LogP contribution in [0.4, 0.5) is 0 Å². The Morgan fingerprint density at radius 1 is 1.09 bits per heavy atom. The van der Waals surface area contributed by atoms with Crippen LogP contribution < -0.4 is 0 Å². The molecule has 0 saturated heterocycles. The van der Waals surface area contributed by atoms with Crippen LogP contribution in [0, 0.1) is 5.41 Å². The maximum atomic E-state index is 9.52. The molecule has 0 bridgehead atoms. The number of aryl methyl sites for hydroxylation is 1. The van der Waals surface area contributed by atoms with Crippen LogP contribution in [0.5, 0.6) is 0 Å². The lowest BCUT2D eigenvalue weighted by Crippen LogP contribution is -2.16. The van der Waals surface area contributed by atoms with Gasteiger partial charge >= 0.3 is 0 Å². The monoisotopic (exact) mass is 318 g/mol. The molecule has 130 valence electrons. The summed E-state index contributed by atoms with van der Waals surface area (Å²) < 4.78 is 5.08. The number of hydrogen-bond acceptors (Lipinski definition) is 2. The van der Waals surface area contributed by atoms with E-state index in [1.807, 2.05) is 0 Å². The molecule has 1 aromatic rings. The normalized spacial score (nSPS) is 24.2. The van der Waals surface area contributed by atoms with Gasteiger partial charge in [0.05, 0.1) is 0 Å². The van der Waals surface area contributed by atoms with Gasteiger partial charge in [0.1, 0.15) is 0 Å². The maximum absolute atomic E-state index is 9.52. The van der Waals surface area contributed by atoms with Crippen molar-refractivity contribution in [2.45, 2.75) is 70.6 Å². The van der Waals surface area contributed by atoms with Gasteiger partial charge in [-0.3, -0.25) is 0 Å². The highest BCUT2D eigenvalue weighted by atomic mass is 16.5. The summed E-state index contributed by atoms with van der Waals surface area (Å²) in [6, 6.07) is 9.27. The second-order valence-corrected chi connectivity index (χ2v) is 7.66. The third kappa shape index (κ3) is 5.93. The minimum atomic E-state index is 0.145. The first-order chi connectivity index (χ1) is 11.2. The summed E-state index contributed by atoms with van der Waals surface area (Å²) in [5.74, 6) is 0.641. The lowest BCUT2D eigenvalue weighted by Gasteiger charge is -2.20. The van der Waals surface area contributed by atoms with Crippen molar-refractivity contribution < 1.29 is 9.84 Å². The van der Waals surface area contributed by atoms with Crippen molar-refractivity contribution in [2.75, 3.05) is 20.3 Å². The van der Waals surface area contributed by atoms with E-state index < -0.39 is 0 Å². The Balaban J connectivity index is 1.69. The van der Waals surface area contributed by atoms with Gasteiger partial charge in [-0.1, -0.05) is 50.5 Å². The Hall–Kier alpha value is -0.860. The highest BCUT2D eigenvalue weighted by molar-refractivity contribution is 5.26. The number of unbranched alkanes of at least 4 members (excludes halogenated alkanes) is 4. The zero-order valence-corrected chi connectivity index (χ0v) is 15.0. The van der Waals surface area contributed by atoms with E-state index in [2.05, 4.69) is 31.2 Å². The Morgan fingerprint density at radius 3 is 2.43 bits per heavy atom. The molecule has 0 spiro atoms. The zero-order chi connectivity index (χ0) is 16.5. The second-order valence-electron chi connectivity index (χ2n) is 7.66. The maximum Gasteiger partial charge on any atom is 0.0484 e. The molecule has 2 nitrogen and oxygen atoms in total. The number of ether oxygens (including phenoxy) is 1. The Bertz CT molecular complexity index is 440. The molecule has 0 heterocycles. The Kier molecular flexibility index (Phi) is 7.58. The quantitative estimate of drug-likeness (QED) is 0.609. The Morgan fingerprint density at radius 2 is 1.78 bits per heavy atom. The molecule has 0 unspecified atom stereocenters. The number of aliphatic hydroxyl groups is 1. The van der Waals surface area contributed by atoms with E-state index in [0.717, 1.165) is 19.4 Å². The topological polar surface area (TPSA) is 29.5 Å². The lowest BCUT2D eigenvalue weighted by molar-refractivity contribution is 0.147. The summed E-state index contributed by atoms with van der Waals surface area (Å²) in [5.41, 5.74) is 3.07. The summed E-state index contributed by atoms with van der Waals surface area (Å²) in [6.07, 6.45) is 11.1. The molecular weight excluding hydrogens is 284 g/mol. The van der Waals surface area contributed by atoms with Crippen molar-refractivity contribution in [2.24, 2.45) is 5.41 Å². The summed E-state index contributed by atoms with van der Waals surface area (Å²) in [5, 5.41) is 9.52. The van der Waals surface area contributed by atoms with Crippen LogP contribution in [0.25, 0.3) is 0 Å². The number of aliphatic hydroxyl groups excluding tert-OH is 1. The molecular formula is C21H34O2. The van der Waals surface area contributed by atoms with Gasteiger partial charge < -0.3 is 9.84 Å². The fourth-order valence-electron chi connectivity index (χ4n) is 3.81. The molecule has 1 N–H and O–H groups in total. The molecule has 0 aliphatic heterocycles. The number of rotatable bonds is 10. The molecule has 0 aromatic heterocycles. The van der Waals surface area contributed by atoms with Crippen molar-refractivity contribution in [1.29, 1.82) is 0 Å². The van der Waals surface area contributed by atoms with E-state index in [1.54, 1.807) is 7.11 Å². The number of benzene rings is 1. The lowest BCUT2D eigenvalue weighted by atomic mass is 9.87. The smallest absolute Gasteiger partial charge is 0.0484 e.